The molecule has 18 heavy (non-hydrogen) atoms. The number of hydrogen-bond acceptors (Lipinski definition) is 6. The van der Waals surface area contributed by atoms with Gasteiger partial charge in [-0.1, -0.05) is 24.7 Å². The maximum atomic E-state index is 12.0. The number of rotatable bonds is 4. The van der Waals surface area contributed by atoms with E-state index >= 15 is 0 Å². The molecule has 2 heterocycles. The molecular formula is C11H13N5OS. The second-order valence-corrected chi connectivity index (χ2v) is 4.55. The van der Waals surface area contributed by atoms with Gasteiger partial charge in [-0.3, -0.25) is 10.1 Å². The normalized spacial score (nSPS) is 10.3. The number of amides is 1. The molecular weight excluding hydrogens is 250 g/mol. The molecule has 7 heteroatoms. The number of nitrogens with one attached hydrogen (secondary N) is 1. The quantitative estimate of drug-likeness (QED) is 0.876. The lowest BCUT2D eigenvalue weighted by Crippen LogP contribution is -2.13. The first-order valence-corrected chi connectivity index (χ1v) is 6.41. The van der Waals surface area contributed by atoms with Crippen molar-refractivity contribution in [2.24, 2.45) is 0 Å². The largest absolute Gasteiger partial charge is 0.384 e. The van der Waals surface area contributed by atoms with Gasteiger partial charge in [0.05, 0.1) is 0 Å². The molecule has 0 saturated heterocycles. The van der Waals surface area contributed by atoms with Crippen molar-refractivity contribution in [3.63, 3.8) is 0 Å². The van der Waals surface area contributed by atoms with Crippen molar-refractivity contribution in [3.8, 4) is 0 Å². The summed E-state index contributed by atoms with van der Waals surface area (Å²) in [5.74, 6) is 0.0987. The summed E-state index contributed by atoms with van der Waals surface area (Å²) in [5.41, 5.74) is 8.55. The maximum Gasteiger partial charge on any atom is 0.257 e. The second kappa shape index (κ2) is 5.54. The summed E-state index contributed by atoms with van der Waals surface area (Å²) in [4.78, 5) is 16.1. The average Bonchev–Trinajstić information content (AvgIpc) is 2.81. The molecule has 94 valence electrons. The van der Waals surface area contributed by atoms with E-state index in [1.807, 2.05) is 6.92 Å². The molecule has 2 rings (SSSR count). The van der Waals surface area contributed by atoms with Gasteiger partial charge in [-0.2, -0.15) is 0 Å². The number of aromatic nitrogens is 3. The minimum absolute atomic E-state index is 0.252. The summed E-state index contributed by atoms with van der Waals surface area (Å²) >= 11 is 1.26. The van der Waals surface area contributed by atoms with E-state index in [1.165, 1.54) is 11.3 Å². The molecule has 0 spiro atoms. The van der Waals surface area contributed by atoms with E-state index in [0.29, 0.717) is 16.5 Å². The highest BCUT2D eigenvalue weighted by Crippen LogP contribution is 2.13. The fourth-order valence-corrected chi connectivity index (χ4v) is 1.96. The Balaban J connectivity index is 2.19. The van der Waals surface area contributed by atoms with Crippen LogP contribution >= 0.6 is 11.3 Å². The minimum Gasteiger partial charge on any atom is -0.384 e. The number of nitrogens with two attached hydrogens (primary N) is 1. The molecule has 0 radical (unpaired) electrons. The SMILES string of the molecule is CCCc1cc(C(=O)Nc2nncs2)cc(N)n1. The second-order valence-electron chi connectivity index (χ2n) is 3.72. The number of aryl methyl sites for hydroxylation is 1. The van der Waals surface area contributed by atoms with Crippen molar-refractivity contribution in [3.05, 3.63) is 28.9 Å². The molecule has 2 aromatic rings. The van der Waals surface area contributed by atoms with Crippen LogP contribution in [0.25, 0.3) is 0 Å². The van der Waals surface area contributed by atoms with E-state index in [4.69, 9.17) is 5.73 Å². The van der Waals surface area contributed by atoms with Gasteiger partial charge in [0.1, 0.15) is 11.3 Å². The van der Waals surface area contributed by atoms with Gasteiger partial charge in [-0.25, -0.2) is 4.98 Å². The van der Waals surface area contributed by atoms with Crippen LogP contribution < -0.4 is 11.1 Å². The van der Waals surface area contributed by atoms with Crippen LogP contribution in [0.4, 0.5) is 10.9 Å². The third-order valence-electron chi connectivity index (χ3n) is 2.25. The fraction of sp³-hybridized carbons (Fsp3) is 0.273. The molecule has 0 aromatic carbocycles. The highest BCUT2D eigenvalue weighted by molar-refractivity contribution is 7.13. The van der Waals surface area contributed by atoms with E-state index in [-0.39, 0.29) is 5.91 Å². The van der Waals surface area contributed by atoms with Crippen molar-refractivity contribution in [1.82, 2.24) is 15.2 Å². The predicted molar refractivity (Wildman–Crippen MR) is 70.5 cm³/mol. The number of pyridine rings is 1. The molecule has 2 aromatic heterocycles. The van der Waals surface area contributed by atoms with Crippen LogP contribution in [0.5, 0.6) is 0 Å². The highest BCUT2D eigenvalue weighted by Gasteiger charge is 2.10. The van der Waals surface area contributed by atoms with Gasteiger partial charge >= 0.3 is 0 Å². The standard InChI is InChI=1S/C11H13N5OS/c1-2-3-8-4-7(5-9(12)14-8)10(17)15-11-16-13-6-18-11/h4-6H,2-3H2,1H3,(H2,12,14)(H,15,16,17). The molecule has 0 aliphatic carbocycles. The number of carbonyl (C=O) groups is 1. The number of carbonyl (C=O) groups excluding carboxylic acids is 1. The first kappa shape index (κ1) is 12.4. The van der Waals surface area contributed by atoms with Crippen LogP contribution in [0.3, 0.4) is 0 Å². The number of hydrogen-bond donors (Lipinski definition) is 2. The van der Waals surface area contributed by atoms with Crippen LogP contribution in [-0.2, 0) is 6.42 Å². The molecule has 1 amide bonds. The molecule has 0 unspecified atom stereocenters. The summed E-state index contributed by atoms with van der Waals surface area (Å²) < 4.78 is 0. The van der Waals surface area contributed by atoms with Gasteiger partial charge in [-0.05, 0) is 18.6 Å². The minimum atomic E-state index is -0.252. The zero-order valence-corrected chi connectivity index (χ0v) is 10.7. The highest BCUT2D eigenvalue weighted by atomic mass is 32.1. The van der Waals surface area contributed by atoms with Gasteiger partial charge in [0.25, 0.3) is 5.91 Å². The lowest BCUT2D eigenvalue weighted by molar-refractivity contribution is 0.102. The van der Waals surface area contributed by atoms with Crippen molar-refractivity contribution in [2.45, 2.75) is 19.8 Å². The number of nitrogen functional groups attached to an aromatic ring is 1. The summed E-state index contributed by atoms with van der Waals surface area (Å²) in [7, 11) is 0. The third-order valence-corrected chi connectivity index (χ3v) is 2.85. The smallest absolute Gasteiger partial charge is 0.257 e. The van der Waals surface area contributed by atoms with Gasteiger partial charge in [0, 0.05) is 11.3 Å². The Morgan fingerprint density at radius 1 is 1.50 bits per heavy atom. The van der Waals surface area contributed by atoms with Gasteiger partial charge in [0.15, 0.2) is 0 Å². The molecule has 0 atom stereocenters. The zero-order chi connectivity index (χ0) is 13.0. The Morgan fingerprint density at radius 3 is 3.00 bits per heavy atom. The van der Waals surface area contributed by atoms with Gasteiger partial charge < -0.3 is 5.73 Å². The lowest BCUT2D eigenvalue weighted by Gasteiger charge is -2.05. The molecule has 0 bridgehead atoms. The van der Waals surface area contributed by atoms with Crippen LogP contribution in [0.15, 0.2) is 17.6 Å². The molecule has 3 N–H and O–H groups in total. The van der Waals surface area contributed by atoms with Gasteiger partial charge in [0.2, 0.25) is 5.13 Å². The van der Waals surface area contributed by atoms with E-state index in [9.17, 15) is 4.79 Å². The zero-order valence-electron chi connectivity index (χ0n) is 9.88. The van der Waals surface area contributed by atoms with Crippen LogP contribution in [0.2, 0.25) is 0 Å². The summed E-state index contributed by atoms with van der Waals surface area (Å²) in [6.45, 7) is 2.05. The van der Waals surface area contributed by atoms with Crippen LogP contribution in [0, 0.1) is 0 Å². The first-order valence-electron chi connectivity index (χ1n) is 5.53. The van der Waals surface area contributed by atoms with Crippen LogP contribution in [-0.4, -0.2) is 21.1 Å². The average molecular weight is 263 g/mol. The lowest BCUT2D eigenvalue weighted by atomic mass is 10.1. The van der Waals surface area contributed by atoms with E-state index in [0.717, 1.165) is 18.5 Å². The Morgan fingerprint density at radius 2 is 2.33 bits per heavy atom. The van der Waals surface area contributed by atoms with Crippen molar-refractivity contribution < 1.29 is 4.79 Å². The molecule has 0 fully saturated rings. The monoisotopic (exact) mass is 263 g/mol. The number of nitrogens with zero attached hydrogens (tertiary/aromatic N) is 3. The van der Waals surface area contributed by atoms with E-state index < -0.39 is 0 Å². The Hall–Kier alpha value is -2.02. The van der Waals surface area contributed by atoms with Crippen LogP contribution in [0.1, 0.15) is 29.4 Å². The maximum absolute atomic E-state index is 12.0. The molecule has 0 aliphatic rings. The first-order chi connectivity index (χ1) is 8.69. The van der Waals surface area contributed by atoms with E-state index in [1.54, 1.807) is 17.6 Å². The van der Waals surface area contributed by atoms with Gasteiger partial charge in [-0.15, -0.1) is 10.2 Å². The van der Waals surface area contributed by atoms with Crippen molar-refractivity contribution in [1.29, 1.82) is 0 Å². The summed E-state index contributed by atoms with van der Waals surface area (Å²) in [6, 6.07) is 3.30. The molecule has 0 aliphatic heterocycles. The van der Waals surface area contributed by atoms with Crippen molar-refractivity contribution in [2.75, 3.05) is 11.1 Å². The Kier molecular flexibility index (Phi) is 3.83. The Bertz CT molecular complexity index is 540. The predicted octanol–water partition coefficient (Wildman–Crippen LogP) is 1.72. The topological polar surface area (TPSA) is 93.8 Å². The number of anilines is 2. The summed E-state index contributed by atoms with van der Waals surface area (Å²) in [5, 5.41) is 10.5. The molecule has 0 saturated carbocycles. The third kappa shape index (κ3) is 3.01. The summed E-state index contributed by atoms with van der Waals surface area (Å²) in [6.07, 6.45) is 1.75. The Labute approximate surface area is 108 Å². The van der Waals surface area contributed by atoms with Crippen molar-refractivity contribution >= 4 is 28.2 Å². The fourth-order valence-electron chi connectivity index (χ4n) is 1.52. The van der Waals surface area contributed by atoms with E-state index in [2.05, 4.69) is 20.5 Å². The molecule has 6 nitrogen and oxygen atoms in total.